The largest absolute Gasteiger partial charge is 0.440 e. The molecule has 0 aromatic heterocycles. The third kappa shape index (κ3) is 2.22. The molecule has 0 bridgehead atoms. The second-order valence-electron chi connectivity index (χ2n) is 3.96. The van der Waals surface area contributed by atoms with Crippen molar-refractivity contribution < 1.29 is 4.74 Å². The van der Waals surface area contributed by atoms with Crippen LogP contribution in [0.3, 0.4) is 0 Å². The number of halogens is 2. The maximum atomic E-state index is 5.88. The van der Waals surface area contributed by atoms with Crippen molar-refractivity contribution >= 4 is 43.4 Å². The maximum Gasteiger partial charge on any atom is 0.199 e. The van der Waals surface area contributed by atoms with E-state index in [9.17, 15) is 0 Å². The van der Waals surface area contributed by atoms with Crippen molar-refractivity contribution in [2.75, 3.05) is 0 Å². The number of benzene rings is 2. The molecule has 0 saturated heterocycles. The van der Waals surface area contributed by atoms with Gasteiger partial charge in [0.2, 0.25) is 0 Å². The van der Waals surface area contributed by atoms with Gasteiger partial charge in [-0.25, -0.2) is 4.99 Å². The molecule has 0 amide bonds. The summed E-state index contributed by atoms with van der Waals surface area (Å²) < 4.78 is 7.70. The van der Waals surface area contributed by atoms with Gasteiger partial charge in [0.25, 0.3) is 0 Å². The van der Waals surface area contributed by atoms with E-state index in [0.717, 1.165) is 32.7 Å². The van der Waals surface area contributed by atoms with Crippen molar-refractivity contribution in [3.05, 3.63) is 57.0 Å². The van der Waals surface area contributed by atoms with Gasteiger partial charge < -0.3 is 4.74 Å². The second-order valence-corrected chi connectivity index (χ2v) is 5.67. The summed E-state index contributed by atoms with van der Waals surface area (Å²) in [5.41, 5.74) is 2.20. The van der Waals surface area contributed by atoms with Gasteiger partial charge in [0.1, 0.15) is 0 Å². The molecule has 0 atom stereocenters. The van der Waals surface area contributed by atoms with Gasteiger partial charge in [-0.2, -0.15) is 0 Å². The molecule has 0 N–H and O–H groups in total. The fourth-order valence-electron chi connectivity index (χ4n) is 1.86. The molecule has 0 unspecified atom stereocenters. The van der Waals surface area contributed by atoms with E-state index >= 15 is 0 Å². The van der Waals surface area contributed by atoms with Gasteiger partial charge >= 0.3 is 0 Å². The highest BCUT2D eigenvalue weighted by atomic mass is 79.9. The fourth-order valence-corrected chi connectivity index (χ4v) is 3.02. The molecule has 2 aromatic rings. The van der Waals surface area contributed by atoms with Crippen LogP contribution in [0.1, 0.15) is 5.56 Å². The van der Waals surface area contributed by atoms with Crippen LogP contribution in [-0.2, 0) is 6.42 Å². The van der Waals surface area contributed by atoms with Gasteiger partial charge in [0.05, 0.1) is 21.1 Å². The van der Waals surface area contributed by atoms with Crippen LogP contribution in [0, 0.1) is 0 Å². The summed E-state index contributed by atoms with van der Waals surface area (Å²) in [7, 11) is 0. The summed E-state index contributed by atoms with van der Waals surface area (Å²) in [6, 6.07) is 13.9. The maximum absolute atomic E-state index is 5.88. The normalized spacial score (nSPS) is 13.1. The summed E-state index contributed by atoms with van der Waals surface area (Å²) in [6.07, 6.45) is 0.740. The number of rotatable bonds is 1. The molecular formula is C14H9Br2NO. The molecule has 0 fully saturated rings. The molecule has 90 valence electrons. The number of para-hydroxylation sites is 2. The Balaban J connectivity index is 1.88. The summed E-state index contributed by atoms with van der Waals surface area (Å²) in [6.45, 7) is 0. The third-order valence-electron chi connectivity index (χ3n) is 2.72. The minimum atomic E-state index is 0.726. The predicted molar refractivity (Wildman–Crippen MR) is 79.7 cm³/mol. The minimum absolute atomic E-state index is 0.726. The lowest BCUT2D eigenvalue weighted by molar-refractivity contribution is 0.535. The summed E-state index contributed by atoms with van der Waals surface area (Å²) in [4.78, 5) is 4.48. The van der Waals surface area contributed by atoms with Crippen molar-refractivity contribution in [2.45, 2.75) is 6.42 Å². The molecule has 1 aliphatic rings. The van der Waals surface area contributed by atoms with Crippen LogP contribution in [0.4, 0.5) is 5.69 Å². The summed E-state index contributed by atoms with van der Waals surface area (Å²) in [5, 5.41) is 0. The lowest BCUT2D eigenvalue weighted by Crippen LogP contribution is -2.08. The van der Waals surface area contributed by atoms with Crippen LogP contribution in [0.5, 0.6) is 5.75 Å². The van der Waals surface area contributed by atoms with Crippen LogP contribution in [0.15, 0.2) is 56.4 Å². The molecule has 0 saturated carbocycles. The average Bonchev–Trinajstić information content (AvgIpc) is 2.76. The topological polar surface area (TPSA) is 21.6 Å². The average molecular weight is 367 g/mol. The van der Waals surface area contributed by atoms with Crippen LogP contribution in [-0.4, -0.2) is 5.90 Å². The Kier molecular flexibility index (Phi) is 3.22. The van der Waals surface area contributed by atoms with Crippen LogP contribution >= 0.6 is 31.9 Å². The van der Waals surface area contributed by atoms with Crippen molar-refractivity contribution in [2.24, 2.45) is 4.99 Å². The highest BCUT2D eigenvalue weighted by Gasteiger charge is 2.17. The molecular weight excluding hydrogens is 358 g/mol. The second kappa shape index (κ2) is 4.86. The zero-order chi connectivity index (χ0) is 12.5. The quantitative estimate of drug-likeness (QED) is 0.705. The first-order valence-corrected chi connectivity index (χ1v) is 7.10. The van der Waals surface area contributed by atoms with Crippen LogP contribution < -0.4 is 4.74 Å². The van der Waals surface area contributed by atoms with Gasteiger partial charge in [-0.15, -0.1) is 0 Å². The van der Waals surface area contributed by atoms with E-state index in [0.29, 0.717) is 0 Å². The zero-order valence-corrected chi connectivity index (χ0v) is 12.5. The van der Waals surface area contributed by atoms with Crippen molar-refractivity contribution in [3.8, 4) is 5.75 Å². The number of fused-ring (bicyclic) bond motifs is 1. The summed E-state index contributed by atoms with van der Waals surface area (Å²) in [5.74, 6) is 1.49. The Hall–Kier alpha value is -1.13. The van der Waals surface area contributed by atoms with E-state index in [4.69, 9.17) is 4.74 Å². The van der Waals surface area contributed by atoms with E-state index in [1.165, 1.54) is 5.56 Å². The highest BCUT2D eigenvalue weighted by Crippen LogP contribution is 2.35. The summed E-state index contributed by atoms with van der Waals surface area (Å²) >= 11 is 6.96. The molecule has 2 aromatic carbocycles. The van der Waals surface area contributed by atoms with E-state index in [1.807, 2.05) is 36.4 Å². The van der Waals surface area contributed by atoms with Crippen LogP contribution in [0.2, 0.25) is 0 Å². The van der Waals surface area contributed by atoms with Crippen molar-refractivity contribution in [3.63, 3.8) is 0 Å². The SMILES string of the molecule is Brc1cccc(Br)c1OC1=Nc2ccccc2C1. The lowest BCUT2D eigenvalue weighted by atomic mass is 10.1. The monoisotopic (exact) mass is 365 g/mol. The van der Waals surface area contributed by atoms with Gasteiger partial charge in [-0.3, -0.25) is 0 Å². The van der Waals surface area contributed by atoms with Gasteiger partial charge in [0.15, 0.2) is 11.6 Å². The molecule has 0 aliphatic carbocycles. The number of ether oxygens (including phenoxy) is 1. The molecule has 1 aliphatic heterocycles. The van der Waals surface area contributed by atoms with Gasteiger partial charge in [-0.1, -0.05) is 24.3 Å². The third-order valence-corrected chi connectivity index (χ3v) is 3.97. The molecule has 18 heavy (non-hydrogen) atoms. The minimum Gasteiger partial charge on any atom is -0.440 e. The van der Waals surface area contributed by atoms with Crippen LogP contribution in [0.25, 0.3) is 0 Å². The fraction of sp³-hybridized carbons (Fsp3) is 0.0714. The number of hydrogen-bond acceptors (Lipinski definition) is 2. The van der Waals surface area contributed by atoms with Gasteiger partial charge in [0, 0.05) is 0 Å². The van der Waals surface area contributed by atoms with E-state index in [1.54, 1.807) is 0 Å². The van der Waals surface area contributed by atoms with E-state index in [2.05, 4.69) is 42.9 Å². The van der Waals surface area contributed by atoms with Crippen molar-refractivity contribution in [1.82, 2.24) is 0 Å². The lowest BCUT2D eigenvalue weighted by Gasteiger charge is -2.08. The van der Waals surface area contributed by atoms with E-state index < -0.39 is 0 Å². The molecule has 3 rings (SSSR count). The predicted octanol–water partition coefficient (Wildman–Crippen LogP) is 4.88. The molecule has 2 nitrogen and oxygen atoms in total. The van der Waals surface area contributed by atoms with E-state index in [-0.39, 0.29) is 0 Å². The van der Waals surface area contributed by atoms with Crippen molar-refractivity contribution in [1.29, 1.82) is 0 Å². The Morgan fingerprint density at radius 1 is 0.944 bits per heavy atom. The smallest absolute Gasteiger partial charge is 0.199 e. The highest BCUT2D eigenvalue weighted by molar-refractivity contribution is 9.11. The molecule has 1 heterocycles. The standard InChI is InChI=1S/C14H9Br2NO/c15-10-5-3-6-11(16)14(10)18-13-8-9-4-1-2-7-12(9)17-13/h1-7H,8H2. The Morgan fingerprint density at radius 2 is 1.67 bits per heavy atom. The Bertz CT molecular complexity index is 617. The number of aliphatic imine (C=N–C) groups is 1. The molecule has 0 spiro atoms. The zero-order valence-electron chi connectivity index (χ0n) is 9.36. The Morgan fingerprint density at radius 3 is 2.39 bits per heavy atom. The number of nitrogens with zero attached hydrogens (tertiary/aromatic N) is 1. The Labute approximate surface area is 122 Å². The first-order valence-electron chi connectivity index (χ1n) is 5.51. The first-order chi connectivity index (χ1) is 8.74. The molecule has 4 heteroatoms. The van der Waals surface area contributed by atoms with Gasteiger partial charge in [-0.05, 0) is 55.6 Å². The first kappa shape index (κ1) is 11.9. The molecule has 0 radical (unpaired) electrons. The number of hydrogen-bond donors (Lipinski definition) is 0.